The quantitative estimate of drug-likeness (QED) is 0.400. The van der Waals surface area contributed by atoms with Gasteiger partial charge in [-0.05, 0) is 36.8 Å². The maximum Gasteiger partial charge on any atom is 0.320 e. The van der Waals surface area contributed by atoms with E-state index in [2.05, 4.69) is 35.9 Å². The van der Waals surface area contributed by atoms with E-state index in [0.29, 0.717) is 22.9 Å². The lowest BCUT2D eigenvalue weighted by Crippen LogP contribution is -2.33. The van der Waals surface area contributed by atoms with E-state index in [1.807, 2.05) is 30.3 Å². The van der Waals surface area contributed by atoms with Gasteiger partial charge < -0.3 is 20.7 Å². The Labute approximate surface area is 184 Å². The van der Waals surface area contributed by atoms with Crippen LogP contribution in [-0.4, -0.2) is 46.7 Å². The Balaban J connectivity index is 1.61. The molecule has 166 valence electrons. The Hall–Kier alpha value is -4.21. The van der Waals surface area contributed by atoms with E-state index in [1.165, 1.54) is 7.11 Å². The van der Waals surface area contributed by atoms with Gasteiger partial charge in [-0.15, -0.1) is 0 Å². The number of benzene rings is 2. The number of nitrogens with one attached hydrogen (secondary N) is 4. The highest BCUT2D eigenvalue weighted by atomic mass is 16.5. The minimum atomic E-state index is -0.541. The standard InChI is InChI=1S/C22H24N6O4/c1-14-24-20(28-27-14)19(15-6-4-3-5-7-15)26-22(31)25-17-10-8-16(9-11-17)21(30)23-13-12-18(29)32-2/h3-11,19H,12-13H2,1-2H3,(H,23,30)(H,24,27,28)(H2,25,26,31). The van der Waals surface area contributed by atoms with Gasteiger partial charge in [0.1, 0.15) is 11.9 Å². The molecule has 0 spiro atoms. The number of nitrogens with zero attached hydrogens (tertiary/aromatic N) is 2. The summed E-state index contributed by atoms with van der Waals surface area (Å²) in [5.74, 6) is 0.366. The van der Waals surface area contributed by atoms with Crippen molar-refractivity contribution < 1.29 is 19.1 Å². The molecule has 10 heteroatoms. The molecule has 3 rings (SSSR count). The zero-order chi connectivity index (χ0) is 22.9. The number of carbonyl (C=O) groups excluding carboxylic acids is 3. The lowest BCUT2D eigenvalue weighted by Gasteiger charge is -2.17. The topological polar surface area (TPSA) is 138 Å². The van der Waals surface area contributed by atoms with Gasteiger partial charge in [0.2, 0.25) is 0 Å². The van der Waals surface area contributed by atoms with Crippen LogP contribution in [0.5, 0.6) is 0 Å². The van der Waals surface area contributed by atoms with Crippen molar-refractivity contribution >= 4 is 23.6 Å². The van der Waals surface area contributed by atoms with Crippen LogP contribution in [0.25, 0.3) is 0 Å². The second-order valence-corrected chi connectivity index (χ2v) is 6.88. The Bertz CT molecular complexity index is 1070. The molecule has 1 heterocycles. The molecule has 4 N–H and O–H groups in total. The van der Waals surface area contributed by atoms with Crippen LogP contribution in [0.4, 0.5) is 10.5 Å². The molecule has 2 aromatic carbocycles. The zero-order valence-electron chi connectivity index (χ0n) is 17.7. The van der Waals surface area contributed by atoms with Gasteiger partial charge in [-0.2, -0.15) is 5.10 Å². The fraction of sp³-hybridized carbons (Fsp3) is 0.227. The highest BCUT2D eigenvalue weighted by Crippen LogP contribution is 2.19. The third-order valence-electron chi connectivity index (χ3n) is 4.53. The molecule has 1 atom stereocenters. The van der Waals surface area contributed by atoms with Gasteiger partial charge in [-0.1, -0.05) is 30.3 Å². The summed E-state index contributed by atoms with van der Waals surface area (Å²) >= 11 is 0. The summed E-state index contributed by atoms with van der Waals surface area (Å²) in [6.07, 6.45) is 0.0923. The highest BCUT2D eigenvalue weighted by Gasteiger charge is 2.21. The SMILES string of the molecule is COC(=O)CCNC(=O)c1ccc(NC(=O)NC(c2ccccc2)c2n[nH]c(C)n2)cc1. The molecule has 1 aromatic heterocycles. The molecule has 0 radical (unpaired) electrons. The van der Waals surface area contributed by atoms with Crippen LogP contribution in [0, 0.1) is 6.92 Å². The number of H-pyrrole nitrogens is 1. The maximum atomic E-state index is 12.6. The van der Waals surface area contributed by atoms with E-state index in [9.17, 15) is 14.4 Å². The van der Waals surface area contributed by atoms with E-state index in [1.54, 1.807) is 31.2 Å². The molecule has 0 saturated carbocycles. The van der Waals surface area contributed by atoms with Gasteiger partial charge in [0.05, 0.1) is 13.5 Å². The maximum absolute atomic E-state index is 12.6. The molecule has 10 nitrogen and oxygen atoms in total. The Morgan fingerprint density at radius 3 is 2.41 bits per heavy atom. The Morgan fingerprint density at radius 1 is 1.06 bits per heavy atom. The second kappa shape index (κ2) is 10.7. The predicted molar refractivity (Wildman–Crippen MR) is 117 cm³/mol. The van der Waals surface area contributed by atoms with Crippen molar-refractivity contribution in [3.8, 4) is 0 Å². The Morgan fingerprint density at radius 2 is 1.78 bits per heavy atom. The number of aryl methyl sites for hydroxylation is 1. The number of hydrogen-bond acceptors (Lipinski definition) is 6. The molecule has 3 aromatic rings. The molecule has 0 fully saturated rings. The minimum absolute atomic E-state index is 0.0923. The van der Waals surface area contributed by atoms with Crippen molar-refractivity contribution in [1.82, 2.24) is 25.8 Å². The first-order chi connectivity index (χ1) is 15.5. The van der Waals surface area contributed by atoms with Crippen molar-refractivity contribution in [1.29, 1.82) is 0 Å². The van der Waals surface area contributed by atoms with Gasteiger partial charge in [-0.25, -0.2) is 9.78 Å². The van der Waals surface area contributed by atoms with E-state index < -0.39 is 18.0 Å². The summed E-state index contributed by atoms with van der Waals surface area (Å²) in [5.41, 5.74) is 1.74. The van der Waals surface area contributed by atoms with Crippen LogP contribution in [0.3, 0.4) is 0 Å². The Kier molecular flexibility index (Phi) is 7.52. The van der Waals surface area contributed by atoms with Crippen molar-refractivity contribution in [3.63, 3.8) is 0 Å². The normalized spacial score (nSPS) is 11.3. The first-order valence-corrected chi connectivity index (χ1v) is 9.92. The average molecular weight is 436 g/mol. The number of methoxy groups -OCH3 is 1. The van der Waals surface area contributed by atoms with E-state index in [-0.39, 0.29) is 18.9 Å². The number of ether oxygens (including phenoxy) is 1. The summed E-state index contributed by atoms with van der Waals surface area (Å²) in [6, 6.07) is 14.8. The summed E-state index contributed by atoms with van der Waals surface area (Å²) in [7, 11) is 1.29. The first-order valence-electron chi connectivity index (χ1n) is 9.92. The number of esters is 1. The van der Waals surface area contributed by atoms with Crippen molar-refractivity contribution in [2.45, 2.75) is 19.4 Å². The fourth-order valence-electron chi connectivity index (χ4n) is 2.92. The number of aromatic amines is 1. The number of amides is 3. The largest absolute Gasteiger partial charge is 0.469 e. The molecule has 0 aliphatic rings. The molecule has 0 aliphatic carbocycles. The van der Waals surface area contributed by atoms with Gasteiger partial charge >= 0.3 is 12.0 Å². The summed E-state index contributed by atoms with van der Waals surface area (Å²) in [4.78, 5) is 40.2. The number of urea groups is 1. The predicted octanol–water partition coefficient (Wildman–Crippen LogP) is 2.32. The second-order valence-electron chi connectivity index (χ2n) is 6.88. The van der Waals surface area contributed by atoms with Gasteiger partial charge in [0.25, 0.3) is 5.91 Å². The smallest absolute Gasteiger partial charge is 0.320 e. The van der Waals surface area contributed by atoms with Crippen LogP contribution in [0.15, 0.2) is 54.6 Å². The molecule has 0 saturated heterocycles. The lowest BCUT2D eigenvalue weighted by molar-refractivity contribution is -0.140. The van der Waals surface area contributed by atoms with Gasteiger partial charge in [-0.3, -0.25) is 14.7 Å². The van der Waals surface area contributed by atoms with Crippen LogP contribution in [0.1, 0.15) is 40.0 Å². The average Bonchev–Trinajstić information content (AvgIpc) is 3.24. The van der Waals surface area contributed by atoms with Gasteiger partial charge in [0, 0.05) is 17.8 Å². The molecular weight excluding hydrogens is 412 g/mol. The summed E-state index contributed by atoms with van der Waals surface area (Å²) < 4.78 is 4.53. The van der Waals surface area contributed by atoms with Crippen LogP contribution < -0.4 is 16.0 Å². The van der Waals surface area contributed by atoms with E-state index in [0.717, 1.165) is 5.56 Å². The summed E-state index contributed by atoms with van der Waals surface area (Å²) in [5, 5.41) is 15.2. The van der Waals surface area contributed by atoms with Crippen LogP contribution in [0.2, 0.25) is 0 Å². The fourth-order valence-corrected chi connectivity index (χ4v) is 2.92. The first kappa shape index (κ1) is 22.5. The molecule has 3 amide bonds. The zero-order valence-corrected chi connectivity index (χ0v) is 17.7. The molecule has 0 bridgehead atoms. The number of aromatic nitrogens is 3. The molecule has 32 heavy (non-hydrogen) atoms. The van der Waals surface area contributed by atoms with E-state index in [4.69, 9.17) is 0 Å². The third-order valence-corrected chi connectivity index (χ3v) is 4.53. The number of hydrogen-bond donors (Lipinski definition) is 4. The minimum Gasteiger partial charge on any atom is -0.469 e. The monoisotopic (exact) mass is 436 g/mol. The van der Waals surface area contributed by atoms with Crippen LogP contribution in [-0.2, 0) is 9.53 Å². The van der Waals surface area contributed by atoms with Gasteiger partial charge in [0.15, 0.2) is 5.82 Å². The number of carbonyl (C=O) groups is 3. The van der Waals surface area contributed by atoms with Crippen molar-refractivity contribution in [2.75, 3.05) is 19.0 Å². The number of anilines is 1. The van der Waals surface area contributed by atoms with Crippen molar-refractivity contribution in [3.05, 3.63) is 77.4 Å². The molecular formula is C22H24N6O4. The number of rotatable bonds is 8. The van der Waals surface area contributed by atoms with E-state index >= 15 is 0 Å². The highest BCUT2D eigenvalue weighted by molar-refractivity contribution is 5.95. The van der Waals surface area contributed by atoms with Crippen molar-refractivity contribution in [2.24, 2.45) is 0 Å². The summed E-state index contributed by atoms with van der Waals surface area (Å²) in [6.45, 7) is 1.96. The lowest BCUT2D eigenvalue weighted by atomic mass is 10.1. The third kappa shape index (κ3) is 6.14. The molecule has 0 aliphatic heterocycles. The van der Waals surface area contributed by atoms with Crippen LogP contribution >= 0.6 is 0 Å². The molecule has 1 unspecified atom stereocenters.